The van der Waals surface area contributed by atoms with E-state index in [1.165, 1.54) is 11.3 Å². The summed E-state index contributed by atoms with van der Waals surface area (Å²) in [6.07, 6.45) is 1.10. The predicted octanol–water partition coefficient (Wildman–Crippen LogP) is 4.91. The van der Waals surface area contributed by atoms with Crippen molar-refractivity contribution in [2.24, 2.45) is 0 Å². The minimum Gasteiger partial charge on any atom is -0.480 e. The second-order valence-electron chi connectivity index (χ2n) is 6.61. The largest absolute Gasteiger partial charge is 0.480 e. The topological polar surface area (TPSA) is 66.4 Å². The Hall–Kier alpha value is -2.92. The SMILES string of the molecule is CCCC(NC(=O)c1ccc(C(c2ccccc2)c2ccccc2)s1)C(=O)O. The summed E-state index contributed by atoms with van der Waals surface area (Å²) >= 11 is 1.41. The van der Waals surface area contributed by atoms with Crippen molar-refractivity contribution < 1.29 is 14.7 Å². The fourth-order valence-corrected chi connectivity index (χ4v) is 4.29. The molecule has 3 rings (SSSR count). The lowest BCUT2D eigenvalue weighted by Crippen LogP contribution is -2.40. The van der Waals surface area contributed by atoms with Gasteiger partial charge in [-0.15, -0.1) is 11.3 Å². The van der Waals surface area contributed by atoms with Crippen molar-refractivity contribution in [2.45, 2.75) is 31.7 Å². The Balaban J connectivity index is 1.89. The number of carbonyl (C=O) groups is 2. The minimum atomic E-state index is -1.00. The van der Waals surface area contributed by atoms with Gasteiger partial charge in [0.25, 0.3) is 5.91 Å². The quantitative estimate of drug-likeness (QED) is 0.571. The molecule has 0 radical (unpaired) electrons. The number of carboxylic acids is 1. The molecule has 5 heteroatoms. The number of aliphatic carboxylic acids is 1. The Kier molecular flexibility index (Phi) is 6.61. The van der Waals surface area contributed by atoms with Crippen LogP contribution in [0.1, 0.15) is 51.4 Å². The van der Waals surface area contributed by atoms with Gasteiger partial charge in [0, 0.05) is 10.8 Å². The maximum atomic E-state index is 12.6. The Morgan fingerprint density at radius 1 is 0.929 bits per heavy atom. The smallest absolute Gasteiger partial charge is 0.326 e. The molecule has 1 atom stereocenters. The van der Waals surface area contributed by atoms with E-state index in [1.807, 2.05) is 49.4 Å². The van der Waals surface area contributed by atoms with Gasteiger partial charge in [0.05, 0.1) is 4.88 Å². The lowest BCUT2D eigenvalue weighted by molar-refractivity contribution is -0.139. The molecule has 0 saturated carbocycles. The highest BCUT2D eigenvalue weighted by atomic mass is 32.1. The molecular weight excluding hydrogens is 370 g/mol. The van der Waals surface area contributed by atoms with Gasteiger partial charge in [-0.1, -0.05) is 74.0 Å². The zero-order chi connectivity index (χ0) is 19.9. The van der Waals surface area contributed by atoms with E-state index in [-0.39, 0.29) is 11.8 Å². The third-order valence-corrected chi connectivity index (χ3v) is 5.73. The van der Waals surface area contributed by atoms with Gasteiger partial charge in [0.2, 0.25) is 0 Å². The van der Waals surface area contributed by atoms with Crippen LogP contribution in [0, 0.1) is 0 Å². The summed E-state index contributed by atoms with van der Waals surface area (Å²) in [4.78, 5) is 25.5. The van der Waals surface area contributed by atoms with Crippen molar-refractivity contribution in [2.75, 3.05) is 0 Å². The third kappa shape index (κ3) is 4.67. The third-order valence-electron chi connectivity index (χ3n) is 4.58. The zero-order valence-electron chi connectivity index (χ0n) is 15.7. The van der Waals surface area contributed by atoms with Gasteiger partial charge in [0.15, 0.2) is 0 Å². The minimum absolute atomic E-state index is 0.0277. The molecule has 0 aliphatic carbocycles. The molecule has 3 aromatic rings. The van der Waals surface area contributed by atoms with Crippen molar-refractivity contribution in [1.29, 1.82) is 0 Å². The number of amides is 1. The Morgan fingerprint density at radius 3 is 2.00 bits per heavy atom. The normalized spacial score (nSPS) is 11.9. The molecule has 2 aromatic carbocycles. The van der Waals surface area contributed by atoms with Crippen LogP contribution in [0.15, 0.2) is 72.8 Å². The average Bonchev–Trinajstić information content (AvgIpc) is 3.19. The number of carboxylic acid groups (broad SMARTS) is 1. The van der Waals surface area contributed by atoms with E-state index >= 15 is 0 Å². The van der Waals surface area contributed by atoms with Gasteiger partial charge in [-0.2, -0.15) is 0 Å². The molecule has 0 saturated heterocycles. The molecule has 0 spiro atoms. The van der Waals surface area contributed by atoms with Crippen molar-refractivity contribution in [1.82, 2.24) is 5.32 Å². The van der Waals surface area contributed by atoms with E-state index in [0.717, 1.165) is 16.0 Å². The summed E-state index contributed by atoms with van der Waals surface area (Å²) in [5.41, 5.74) is 2.30. The van der Waals surface area contributed by atoms with Crippen molar-refractivity contribution in [3.05, 3.63) is 93.7 Å². The summed E-state index contributed by atoms with van der Waals surface area (Å²) in [5.74, 6) is -1.31. The van der Waals surface area contributed by atoms with Crippen LogP contribution in [-0.2, 0) is 4.79 Å². The fraction of sp³-hybridized carbons (Fsp3) is 0.217. The van der Waals surface area contributed by atoms with Crippen molar-refractivity contribution in [3.63, 3.8) is 0 Å². The second-order valence-corrected chi connectivity index (χ2v) is 7.72. The van der Waals surface area contributed by atoms with Crippen molar-refractivity contribution in [3.8, 4) is 0 Å². The van der Waals surface area contributed by atoms with Crippen LogP contribution in [0.3, 0.4) is 0 Å². The van der Waals surface area contributed by atoms with Crippen LogP contribution in [0.25, 0.3) is 0 Å². The van der Waals surface area contributed by atoms with Crippen LogP contribution in [0.5, 0.6) is 0 Å². The molecule has 1 unspecified atom stereocenters. The van der Waals surface area contributed by atoms with Crippen molar-refractivity contribution >= 4 is 23.2 Å². The second kappa shape index (κ2) is 9.33. The molecule has 28 heavy (non-hydrogen) atoms. The highest BCUT2D eigenvalue weighted by Crippen LogP contribution is 2.36. The molecule has 2 N–H and O–H groups in total. The summed E-state index contributed by atoms with van der Waals surface area (Å²) in [6, 6.07) is 23.2. The van der Waals surface area contributed by atoms with Gasteiger partial charge >= 0.3 is 5.97 Å². The lowest BCUT2D eigenvalue weighted by atomic mass is 9.90. The van der Waals surface area contributed by atoms with Crippen LogP contribution in [0.2, 0.25) is 0 Å². The van der Waals surface area contributed by atoms with Crippen LogP contribution in [0.4, 0.5) is 0 Å². The standard InChI is InChI=1S/C23H23NO3S/c1-2-9-18(23(26)27)24-22(25)20-15-14-19(28-20)21(16-10-5-3-6-11-16)17-12-7-4-8-13-17/h3-8,10-15,18,21H,2,9H2,1H3,(H,24,25)(H,26,27). The molecule has 0 bridgehead atoms. The number of rotatable bonds is 8. The highest BCUT2D eigenvalue weighted by molar-refractivity contribution is 7.14. The molecule has 1 amide bonds. The number of nitrogens with one attached hydrogen (secondary N) is 1. The maximum Gasteiger partial charge on any atom is 0.326 e. The summed E-state index contributed by atoms with van der Waals surface area (Å²) in [5, 5.41) is 11.9. The summed E-state index contributed by atoms with van der Waals surface area (Å²) in [6.45, 7) is 1.90. The molecule has 0 aliphatic rings. The summed E-state index contributed by atoms with van der Waals surface area (Å²) in [7, 11) is 0. The fourth-order valence-electron chi connectivity index (χ4n) is 3.22. The first-order valence-electron chi connectivity index (χ1n) is 9.33. The van der Waals surface area contributed by atoms with E-state index in [4.69, 9.17) is 0 Å². The molecule has 0 aliphatic heterocycles. The maximum absolute atomic E-state index is 12.6. The monoisotopic (exact) mass is 393 g/mol. The van der Waals surface area contributed by atoms with Crippen LogP contribution >= 0.6 is 11.3 Å². The highest BCUT2D eigenvalue weighted by Gasteiger charge is 2.23. The van der Waals surface area contributed by atoms with Crippen LogP contribution in [-0.4, -0.2) is 23.0 Å². The predicted molar refractivity (Wildman–Crippen MR) is 112 cm³/mol. The zero-order valence-corrected chi connectivity index (χ0v) is 16.5. The summed E-state index contributed by atoms with van der Waals surface area (Å²) < 4.78 is 0. The Bertz CT molecular complexity index is 882. The van der Waals surface area contributed by atoms with E-state index < -0.39 is 12.0 Å². The van der Waals surface area contributed by atoms with Gasteiger partial charge in [-0.05, 0) is 29.7 Å². The first-order chi connectivity index (χ1) is 13.6. The molecule has 1 aromatic heterocycles. The van der Waals surface area contributed by atoms with Gasteiger partial charge in [0.1, 0.15) is 6.04 Å². The van der Waals surface area contributed by atoms with Gasteiger partial charge < -0.3 is 10.4 Å². The molecular formula is C23H23NO3S. The van der Waals surface area contributed by atoms with Crippen LogP contribution < -0.4 is 5.32 Å². The van der Waals surface area contributed by atoms with E-state index in [0.29, 0.717) is 17.7 Å². The molecule has 144 valence electrons. The average molecular weight is 394 g/mol. The number of benzene rings is 2. The van der Waals surface area contributed by atoms with Gasteiger partial charge in [-0.25, -0.2) is 4.79 Å². The van der Waals surface area contributed by atoms with E-state index in [2.05, 4.69) is 29.6 Å². The first-order valence-corrected chi connectivity index (χ1v) is 10.1. The Morgan fingerprint density at radius 2 is 1.50 bits per heavy atom. The molecule has 1 heterocycles. The number of hydrogen-bond donors (Lipinski definition) is 2. The van der Waals surface area contributed by atoms with E-state index in [9.17, 15) is 14.7 Å². The van der Waals surface area contributed by atoms with E-state index in [1.54, 1.807) is 6.07 Å². The number of thiophene rings is 1. The Labute approximate surface area is 168 Å². The lowest BCUT2D eigenvalue weighted by Gasteiger charge is -2.17. The number of carbonyl (C=O) groups excluding carboxylic acids is 1. The molecule has 4 nitrogen and oxygen atoms in total. The van der Waals surface area contributed by atoms with Gasteiger partial charge in [-0.3, -0.25) is 4.79 Å². The molecule has 0 fully saturated rings. The first kappa shape index (κ1) is 19.8. The number of hydrogen-bond acceptors (Lipinski definition) is 3.